The third-order valence-electron chi connectivity index (χ3n) is 1.45. The quantitative estimate of drug-likeness (QED) is 0.131. The monoisotopic (exact) mass is 341 g/mol. The first-order valence-corrected chi connectivity index (χ1v) is 4.98. The van der Waals surface area contributed by atoms with E-state index in [0.717, 1.165) is 0 Å². The van der Waals surface area contributed by atoms with Crippen molar-refractivity contribution >= 4 is 53.5 Å². The van der Waals surface area contributed by atoms with Gasteiger partial charge in [-0.25, -0.2) is 20.2 Å². The lowest BCUT2D eigenvalue weighted by atomic mass is 10.4. The molecule has 3 amide bonds. The zero-order chi connectivity index (χ0) is 15.9. The van der Waals surface area contributed by atoms with Crippen molar-refractivity contribution in [3.8, 4) is 0 Å². The van der Waals surface area contributed by atoms with Gasteiger partial charge in [0.15, 0.2) is 28.4 Å². The molecule has 0 aliphatic rings. The zero-order valence-corrected chi connectivity index (χ0v) is 11.9. The molecule has 0 aromatic carbocycles. The Hall–Kier alpha value is -2.57. The van der Waals surface area contributed by atoms with Gasteiger partial charge in [0, 0.05) is 0 Å². The van der Waals surface area contributed by atoms with E-state index in [0.29, 0.717) is 0 Å². The van der Waals surface area contributed by atoms with E-state index in [4.69, 9.17) is 39.7 Å². The third kappa shape index (κ3) is 7.56. The minimum absolute atomic E-state index is 0. The average Bonchev–Trinajstić information content (AvgIpc) is 2.33. The van der Waals surface area contributed by atoms with Crippen molar-refractivity contribution in [2.45, 2.75) is 0 Å². The van der Waals surface area contributed by atoms with E-state index in [1.807, 2.05) is 0 Å². The molecule has 0 radical (unpaired) electrons. The maximum Gasteiger partial charge on any atom is 0.335 e. The number of nitrogen functional groups attached to an aromatic ring is 2. The Bertz CT molecular complexity index is 546. The van der Waals surface area contributed by atoms with Crippen LogP contribution < -0.4 is 34.1 Å². The Morgan fingerprint density at radius 3 is 2.00 bits per heavy atom. The minimum atomic E-state index is -0.940. The van der Waals surface area contributed by atoms with E-state index in [9.17, 15) is 9.59 Å². The number of halogens is 2. The number of hydrogen-bond donors (Lipinski definition) is 7. The highest BCUT2D eigenvalue weighted by atomic mass is 35.5. The highest BCUT2D eigenvalue weighted by Crippen LogP contribution is 2.17. The fourth-order valence-electron chi connectivity index (χ4n) is 0.769. The van der Waals surface area contributed by atoms with Gasteiger partial charge in [0.2, 0.25) is 0 Å². The lowest BCUT2D eigenvalue weighted by Crippen LogP contribution is -2.25. The number of urea groups is 1. The second-order valence-corrected chi connectivity index (χ2v) is 3.31. The van der Waals surface area contributed by atoms with E-state index in [2.05, 4.69) is 20.7 Å². The number of hydrogen-bond acceptors (Lipinski definition) is 7. The molecule has 0 aliphatic heterocycles. The summed E-state index contributed by atoms with van der Waals surface area (Å²) < 4.78 is 0. The van der Waals surface area contributed by atoms with Crippen LogP contribution in [0.4, 0.5) is 16.4 Å². The van der Waals surface area contributed by atoms with E-state index in [1.165, 1.54) is 5.48 Å². The number of anilines is 2. The predicted molar refractivity (Wildman–Crippen MR) is 77.8 cm³/mol. The Balaban J connectivity index is 0. The summed E-state index contributed by atoms with van der Waals surface area (Å²) in [6.45, 7) is 0. The molecular formula is C7H13Cl2N9O3. The maximum absolute atomic E-state index is 11.3. The number of carbonyl (C=O) groups is 2. The van der Waals surface area contributed by atoms with Crippen molar-refractivity contribution in [1.82, 2.24) is 15.4 Å². The number of carbonyl (C=O) groups excluding carboxylic acids is 2. The summed E-state index contributed by atoms with van der Waals surface area (Å²) in [5.41, 5.74) is 25.9. The molecular weight excluding hydrogens is 329 g/mol. The summed E-state index contributed by atoms with van der Waals surface area (Å²) in [7, 11) is 0. The number of rotatable bonds is 1. The van der Waals surface area contributed by atoms with Crippen LogP contribution >= 0.6 is 24.0 Å². The molecule has 1 rings (SSSR count). The summed E-state index contributed by atoms with van der Waals surface area (Å²) in [6.07, 6.45) is 0. The molecule has 1 aromatic heterocycles. The number of nitrogens with two attached hydrogens (primary N) is 5. The van der Waals surface area contributed by atoms with Crippen LogP contribution in [0.25, 0.3) is 0 Å². The Labute approximate surface area is 129 Å². The van der Waals surface area contributed by atoms with E-state index in [-0.39, 0.29) is 34.9 Å². The number of nitrogens with one attached hydrogen (secondary N) is 1. The normalized spacial score (nSPS) is 8.48. The standard InChI is InChI=1S/C6H8ClN7O.CH4N2O2.ClH/c7-2-4(9)13-3(8)1(12-2)5(15)14-6(10)11;2-1(4)3-5;/h(H4,8,9,13)(H4,10,11,14,15);5H,(H3,2,3,4);1H. The number of primary amides is 1. The van der Waals surface area contributed by atoms with Crippen molar-refractivity contribution < 1.29 is 14.8 Å². The molecule has 0 atom stereocenters. The Kier molecular flexibility index (Phi) is 9.24. The average molecular weight is 342 g/mol. The first kappa shape index (κ1) is 20.7. The van der Waals surface area contributed by atoms with Gasteiger partial charge < -0.3 is 28.7 Å². The fraction of sp³-hybridized carbons (Fsp3) is 0. The fourth-order valence-corrected chi connectivity index (χ4v) is 0.896. The van der Waals surface area contributed by atoms with Crippen LogP contribution in [0.5, 0.6) is 0 Å². The molecule has 12 N–H and O–H groups in total. The number of guanidine groups is 1. The molecule has 14 heteroatoms. The number of aromatic nitrogens is 2. The molecule has 1 aromatic rings. The molecule has 0 unspecified atom stereocenters. The summed E-state index contributed by atoms with van der Waals surface area (Å²) in [5, 5.41) is 7.28. The first-order chi connectivity index (χ1) is 9.18. The van der Waals surface area contributed by atoms with Gasteiger partial charge in [0.05, 0.1) is 0 Å². The molecule has 0 bridgehead atoms. The van der Waals surface area contributed by atoms with Crippen LogP contribution in [0.2, 0.25) is 5.15 Å². The van der Waals surface area contributed by atoms with Crippen LogP contribution in [0.15, 0.2) is 4.99 Å². The van der Waals surface area contributed by atoms with Gasteiger partial charge in [-0.05, 0) is 0 Å². The van der Waals surface area contributed by atoms with Crippen molar-refractivity contribution in [2.24, 2.45) is 22.2 Å². The van der Waals surface area contributed by atoms with E-state index < -0.39 is 17.9 Å². The molecule has 1 heterocycles. The van der Waals surface area contributed by atoms with Crippen molar-refractivity contribution in [3.63, 3.8) is 0 Å². The second kappa shape index (κ2) is 9.35. The minimum Gasteiger partial charge on any atom is -0.382 e. The first-order valence-electron chi connectivity index (χ1n) is 4.61. The van der Waals surface area contributed by atoms with Crippen LogP contribution in [0.3, 0.4) is 0 Å². The number of nitrogens with zero attached hydrogens (tertiary/aromatic N) is 3. The van der Waals surface area contributed by atoms with Gasteiger partial charge in [-0.1, -0.05) is 11.6 Å². The van der Waals surface area contributed by atoms with E-state index >= 15 is 0 Å². The lowest BCUT2D eigenvalue weighted by molar-refractivity contribution is 0.0998. The summed E-state index contributed by atoms with van der Waals surface area (Å²) >= 11 is 5.55. The van der Waals surface area contributed by atoms with Crippen molar-refractivity contribution in [1.29, 1.82) is 0 Å². The van der Waals surface area contributed by atoms with Crippen LogP contribution in [0.1, 0.15) is 10.5 Å². The highest BCUT2D eigenvalue weighted by molar-refractivity contribution is 6.31. The van der Waals surface area contributed by atoms with Gasteiger partial charge in [0.1, 0.15) is 0 Å². The molecule has 0 saturated heterocycles. The SMILES string of the molecule is Cl.NC(=O)NO.NC(N)=NC(=O)c1nc(Cl)c(N)nc1N. The van der Waals surface area contributed by atoms with Crippen molar-refractivity contribution in [3.05, 3.63) is 10.8 Å². The largest absolute Gasteiger partial charge is 0.382 e. The molecule has 0 saturated carbocycles. The topological polar surface area (TPSA) is 235 Å². The summed E-state index contributed by atoms with van der Waals surface area (Å²) in [4.78, 5) is 31.0. The maximum atomic E-state index is 11.3. The Morgan fingerprint density at radius 2 is 1.62 bits per heavy atom. The second-order valence-electron chi connectivity index (χ2n) is 2.95. The molecule has 0 fully saturated rings. The van der Waals surface area contributed by atoms with Crippen LogP contribution in [-0.2, 0) is 0 Å². The van der Waals surface area contributed by atoms with Crippen molar-refractivity contribution in [2.75, 3.05) is 11.5 Å². The summed E-state index contributed by atoms with van der Waals surface area (Å²) in [5.74, 6) is -1.50. The van der Waals surface area contributed by atoms with Crippen LogP contribution in [-0.4, -0.2) is 33.1 Å². The summed E-state index contributed by atoms with van der Waals surface area (Å²) in [6, 6.07) is -0.940. The Morgan fingerprint density at radius 1 is 1.14 bits per heavy atom. The number of hydroxylamine groups is 1. The molecule has 12 nitrogen and oxygen atoms in total. The smallest absolute Gasteiger partial charge is 0.335 e. The highest BCUT2D eigenvalue weighted by Gasteiger charge is 2.15. The van der Waals surface area contributed by atoms with Gasteiger partial charge in [0.25, 0.3) is 0 Å². The third-order valence-corrected chi connectivity index (χ3v) is 1.73. The molecule has 118 valence electrons. The zero-order valence-electron chi connectivity index (χ0n) is 10.3. The number of aliphatic imine (C=N–C) groups is 1. The van der Waals surface area contributed by atoms with Crippen LogP contribution in [0, 0.1) is 0 Å². The predicted octanol–water partition coefficient (Wildman–Crippen LogP) is -1.83. The van der Waals surface area contributed by atoms with Gasteiger partial charge in [-0.15, -0.1) is 12.4 Å². The van der Waals surface area contributed by atoms with Gasteiger partial charge >= 0.3 is 11.9 Å². The number of amides is 3. The molecule has 0 aliphatic carbocycles. The molecule has 21 heavy (non-hydrogen) atoms. The van der Waals surface area contributed by atoms with E-state index in [1.54, 1.807) is 0 Å². The van der Waals surface area contributed by atoms with Gasteiger partial charge in [-0.3, -0.25) is 10.0 Å². The lowest BCUT2D eigenvalue weighted by Gasteiger charge is -2.02. The molecule has 0 spiro atoms. The van der Waals surface area contributed by atoms with Gasteiger partial charge in [-0.2, -0.15) is 4.99 Å².